The summed E-state index contributed by atoms with van der Waals surface area (Å²) >= 11 is 5.97. The van der Waals surface area contributed by atoms with Crippen LogP contribution in [0, 0.1) is 11.8 Å². The van der Waals surface area contributed by atoms with Gasteiger partial charge in [-0.15, -0.1) is 0 Å². The standard InChI is InChI=1S/C18H17ClF3NO2/c19-12-5-6-14-13(9-12)17(18(20,21)22,8-7-10-1-2-10)25-15(11-3-4-11)16(24)23-14/h5-11,15H,1-4H2,(H,23,24)/t15-,17-/m0/s1. The maximum Gasteiger partial charge on any atom is 0.425 e. The van der Waals surface area contributed by atoms with Crippen LogP contribution in [0.4, 0.5) is 18.9 Å². The first-order chi connectivity index (χ1) is 11.8. The first kappa shape index (κ1) is 16.9. The number of anilines is 1. The summed E-state index contributed by atoms with van der Waals surface area (Å²) in [6, 6.07) is 4.10. The predicted molar refractivity (Wildman–Crippen MR) is 87.3 cm³/mol. The molecule has 0 unspecified atom stereocenters. The van der Waals surface area contributed by atoms with Crippen molar-refractivity contribution in [3.8, 4) is 0 Å². The van der Waals surface area contributed by atoms with Crippen molar-refractivity contribution in [2.75, 3.05) is 5.32 Å². The van der Waals surface area contributed by atoms with Crippen LogP contribution in [0.1, 0.15) is 31.2 Å². The molecule has 3 aliphatic rings. The van der Waals surface area contributed by atoms with E-state index in [-0.39, 0.29) is 28.1 Å². The van der Waals surface area contributed by atoms with Crippen LogP contribution in [0.25, 0.3) is 0 Å². The van der Waals surface area contributed by atoms with E-state index in [1.165, 1.54) is 18.2 Å². The van der Waals surface area contributed by atoms with Gasteiger partial charge in [-0.25, -0.2) is 0 Å². The number of rotatable bonds is 3. The SMILES string of the molecule is O=C1Nc2ccc(Cl)cc2[C@@](C=CC2CC2)(C(F)(F)F)O[C@H]1C1CC1. The Hall–Kier alpha value is -1.53. The highest BCUT2D eigenvalue weighted by atomic mass is 35.5. The van der Waals surface area contributed by atoms with Crippen molar-refractivity contribution in [2.24, 2.45) is 11.8 Å². The van der Waals surface area contributed by atoms with Crippen molar-refractivity contribution in [3.63, 3.8) is 0 Å². The maximum atomic E-state index is 14.3. The molecule has 2 atom stereocenters. The topological polar surface area (TPSA) is 38.3 Å². The summed E-state index contributed by atoms with van der Waals surface area (Å²) in [7, 11) is 0. The number of carbonyl (C=O) groups excluding carboxylic acids is 1. The number of hydrogen-bond acceptors (Lipinski definition) is 2. The second kappa shape index (κ2) is 5.74. The summed E-state index contributed by atoms with van der Waals surface area (Å²) in [6.07, 6.45) is -0.0986. The van der Waals surface area contributed by atoms with Crippen molar-refractivity contribution in [1.29, 1.82) is 0 Å². The summed E-state index contributed by atoms with van der Waals surface area (Å²) in [4.78, 5) is 12.4. The lowest BCUT2D eigenvalue weighted by Crippen LogP contribution is -2.47. The van der Waals surface area contributed by atoms with Gasteiger partial charge in [0.2, 0.25) is 5.60 Å². The number of amides is 1. The van der Waals surface area contributed by atoms with Crippen molar-refractivity contribution >= 4 is 23.2 Å². The van der Waals surface area contributed by atoms with E-state index < -0.39 is 23.8 Å². The van der Waals surface area contributed by atoms with E-state index in [1.54, 1.807) is 6.08 Å². The fraction of sp³-hybridized carbons (Fsp3) is 0.500. The first-order valence-electron chi connectivity index (χ1n) is 8.35. The molecule has 0 aromatic heterocycles. The molecule has 134 valence electrons. The van der Waals surface area contributed by atoms with Crippen molar-refractivity contribution in [3.05, 3.63) is 40.9 Å². The number of allylic oxidation sites excluding steroid dienone is 1. The Kier molecular flexibility index (Phi) is 3.88. The van der Waals surface area contributed by atoms with E-state index in [2.05, 4.69) is 5.32 Å². The van der Waals surface area contributed by atoms with Crippen LogP contribution in [-0.2, 0) is 15.1 Å². The van der Waals surface area contributed by atoms with Gasteiger partial charge in [-0.3, -0.25) is 4.79 Å². The zero-order valence-electron chi connectivity index (χ0n) is 13.3. The first-order valence-corrected chi connectivity index (χ1v) is 8.73. The van der Waals surface area contributed by atoms with Gasteiger partial charge in [0, 0.05) is 16.3 Å². The second-order valence-corrected chi connectivity index (χ2v) is 7.42. The third-order valence-electron chi connectivity index (χ3n) is 4.91. The van der Waals surface area contributed by atoms with Crippen LogP contribution in [0.15, 0.2) is 30.4 Å². The van der Waals surface area contributed by atoms with Gasteiger partial charge in [0.15, 0.2) is 0 Å². The smallest absolute Gasteiger partial charge is 0.343 e. The van der Waals surface area contributed by atoms with E-state index >= 15 is 0 Å². The van der Waals surface area contributed by atoms with E-state index in [0.717, 1.165) is 18.9 Å². The van der Waals surface area contributed by atoms with E-state index in [1.807, 2.05) is 0 Å². The van der Waals surface area contributed by atoms with E-state index in [4.69, 9.17) is 16.3 Å². The number of ether oxygens (including phenoxy) is 1. The monoisotopic (exact) mass is 371 g/mol. The van der Waals surface area contributed by atoms with Gasteiger partial charge in [0.25, 0.3) is 5.91 Å². The Morgan fingerprint density at radius 3 is 2.56 bits per heavy atom. The number of nitrogens with one attached hydrogen (secondary N) is 1. The van der Waals surface area contributed by atoms with E-state index in [0.29, 0.717) is 12.8 Å². The number of hydrogen-bond donors (Lipinski definition) is 1. The number of fused-ring (bicyclic) bond motifs is 1. The van der Waals surface area contributed by atoms with Crippen LogP contribution >= 0.6 is 11.6 Å². The molecule has 7 heteroatoms. The number of alkyl halides is 3. The van der Waals surface area contributed by atoms with Crippen LogP contribution in [0.3, 0.4) is 0 Å². The van der Waals surface area contributed by atoms with Crippen molar-refractivity contribution in [2.45, 2.75) is 43.6 Å². The molecule has 0 saturated heterocycles. The molecule has 2 aliphatic carbocycles. The highest BCUT2D eigenvalue weighted by Crippen LogP contribution is 2.52. The van der Waals surface area contributed by atoms with Gasteiger partial charge >= 0.3 is 6.18 Å². The molecule has 25 heavy (non-hydrogen) atoms. The molecule has 0 radical (unpaired) electrons. The molecule has 3 nitrogen and oxygen atoms in total. The van der Waals surface area contributed by atoms with Crippen LogP contribution in [-0.4, -0.2) is 18.2 Å². The Morgan fingerprint density at radius 1 is 1.24 bits per heavy atom. The zero-order chi connectivity index (χ0) is 17.8. The molecule has 1 N–H and O–H groups in total. The summed E-state index contributed by atoms with van der Waals surface area (Å²) < 4.78 is 48.4. The fourth-order valence-electron chi connectivity index (χ4n) is 3.17. The molecular formula is C18H17ClF3NO2. The van der Waals surface area contributed by atoms with Crippen LogP contribution in [0.2, 0.25) is 5.02 Å². The minimum atomic E-state index is -4.72. The Morgan fingerprint density at radius 2 is 1.96 bits per heavy atom. The highest BCUT2D eigenvalue weighted by molar-refractivity contribution is 6.30. The van der Waals surface area contributed by atoms with Crippen molar-refractivity contribution in [1.82, 2.24) is 0 Å². The Bertz CT molecular complexity index is 740. The minimum absolute atomic E-state index is 0.0929. The molecule has 0 spiro atoms. The van der Waals surface area contributed by atoms with Gasteiger partial charge < -0.3 is 10.1 Å². The lowest BCUT2D eigenvalue weighted by atomic mass is 9.90. The average Bonchev–Trinajstić information content (AvgIpc) is 3.40. The van der Waals surface area contributed by atoms with Gasteiger partial charge in [-0.2, -0.15) is 13.2 Å². The molecule has 2 fully saturated rings. The van der Waals surface area contributed by atoms with Gasteiger partial charge in [0.1, 0.15) is 6.10 Å². The Balaban J connectivity index is 1.90. The number of carbonyl (C=O) groups is 1. The predicted octanol–water partition coefficient (Wildman–Crippen LogP) is 4.81. The molecule has 1 heterocycles. The summed E-state index contributed by atoms with van der Waals surface area (Å²) in [6.45, 7) is 0. The molecule has 1 aromatic rings. The van der Waals surface area contributed by atoms with Crippen LogP contribution < -0.4 is 5.32 Å². The summed E-state index contributed by atoms with van der Waals surface area (Å²) in [5, 5.41) is 2.76. The summed E-state index contributed by atoms with van der Waals surface area (Å²) in [5.74, 6) is -0.574. The van der Waals surface area contributed by atoms with Gasteiger partial charge in [-0.05, 0) is 61.8 Å². The molecule has 1 aromatic carbocycles. The number of halogens is 4. The van der Waals surface area contributed by atoms with E-state index in [9.17, 15) is 18.0 Å². The molecular weight excluding hydrogens is 355 g/mol. The highest BCUT2D eigenvalue weighted by Gasteiger charge is 2.61. The minimum Gasteiger partial charge on any atom is -0.343 e. The average molecular weight is 372 g/mol. The largest absolute Gasteiger partial charge is 0.425 e. The normalized spacial score (nSPS) is 30.1. The molecule has 4 rings (SSSR count). The van der Waals surface area contributed by atoms with Gasteiger partial charge in [0.05, 0.1) is 0 Å². The summed E-state index contributed by atoms with van der Waals surface area (Å²) in [5.41, 5.74) is -2.75. The molecule has 2 saturated carbocycles. The Labute approximate surface area is 148 Å². The lowest BCUT2D eigenvalue weighted by Gasteiger charge is -2.35. The third kappa shape index (κ3) is 3.06. The fourth-order valence-corrected chi connectivity index (χ4v) is 3.34. The van der Waals surface area contributed by atoms with Gasteiger partial charge in [-0.1, -0.05) is 17.7 Å². The zero-order valence-corrected chi connectivity index (χ0v) is 14.0. The second-order valence-electron chi connectivity index (χ2n) is 6.98. The maximum absolute atomic E-state index is 14.3. The molecule has 0 bridgehead atoms. The molecule has 1 aliphatic heterocycles. The third-order valence-corrected chi connectivity index (χ3v) is 5.14. The van der Waals surface area contributed by atoms with Crippen molar-refractivity contribution < 1.29 is 22.7 Å². The molecule has 1 amide bonds. The quantitative estimate of drug-likeness (QED) is 0.774. The number of benzene rings is 1. The van der Waals surface area contributed by atoms with Crippen LogP contribution in [0.5, 0.6) is 0 Å². The lowest BCUT2D eigenvalue weighted by molar-refractivity contribution is -0.274.